The second-order valence-corrected chi connectivity index (χ2v) is 7.85. The predicted molar refractivity (Wildman–Crippen MR) is 80.0 cm³/mol. The molecule has 0 radical (unpaired) electrons. The van der Waals surface area contributed by atoms with E-state index in [1.165, 1.54) is 0 Å². The standard InChI is InChI=1S/C15H19F4NOS/c1-5-10-14(15(17,18)19,20-22(21)13(2,3)4)11-6-8-12(16)9-7-11/h5-9,20H,1,10H2,2-4H3/t14-,22-/m0/s1. The second kappa shape index (κ2) is 6.50. The molecule has 22 heavy (non-hydrogen) atoms. The molecule has 1 N–H and O–H groups in total. The Kier molecular flexibility index (Phi) is 5.56. The zero-order valence-electron chi connectivity index (χ0n) is 12.6. The molecule has 0 aliphatic rings. The maximum absolute atomic E-state index is 13.8. The largest absolute Gasteiger partial charge is 0.411 e. The average Bonchev–Trinajstić information content (AvgIpc) is 2.36. The minimum absolute atomic E-state index is 0.209. The van der Waals surface area contributed by atoms with E-state index in [0.29, 0.717) is 0 Å². The molecule has 1 aromatic rings. The molecule has 0 amide bonds. The summed E-state index contributed by atoms with van der Waals surface area (Å²) in [5.41, 5.74) is -2.79. The molecular weight excluding hydrogens is 318 g/mol. The Morgan fingerprint density at radius 2 is 1.68 bits per heavy atom. The van der Waals surface area contributed by atoms with Crippen molar-refractivity contribution in [2.45, 2.75) is 43.7 Å². The minimum Gasteiger partial charge on any atom is -0.242 e. The van der Waals surface area contributed by atoms with Crippen molar-refractivity contribution >= 4 is 11.0 Å². The monoisotopic (exact) mass is 337 g/mol. The van der Waals surface area contributed by atoms with Gasteiger partial charge >= 0.3 is 6.18 Å². The lowest BCUT2D eigenvalue weighted by atomic mass is 9.87. The van der Waals surface area contributed by atoms with Crippen LogP contribution < -0.4 is 4.72 Å². The lowest BCUT2D eigenvalue weighted by Crippen LogP contribution is -2.56. The Hall–Kier alpha value is -1.21. The second-order valence-electron chi connectivity index (χ2n) is 5.89. The molecule has 0 bridgehead atoms. The van der Waals surface area contributed by atoms with Crippen LogP contribution in [0.2, 0.25) is 0 Å². The zero-order chi connectivity index (χ0) is 17.2. The fraction of sp³-hybridized carbons (Fsp3) is 0.467. The summed E-state index contributed by atoms with van der Waals surface area (Å²) in [6.07, 6.45) is -4.16. The van der Waals surface area contributed by atoms with Crippen LogP contribution in [0.5, 0.6) is 0 Å². The van der Waals surface area contributed by atoms with Crippen LogP contribution in [0.4, 0.5) is 17.6 Å². The highest BCUT2D eigenvalue weighted by molar-refractivity contribution is 7.84. The molecule has 124 valence electrons. The van der Waals surface area contributed by atoms with Crippen LogP contribution >= 0.6 is 0 Å². The molecule has 1 rings (SSSR count). The number of alkyl halides is 3. The maximum atomic E-state index is 13.8. The van der Waals surface area contributed by atoms with Crippen molar-refractivity contribution in [1.29, 1.82) is 0 Å². The number of hydrogen-bond donors (Lipinski definition) is 1. The summed E-state index contributed by atoms with van der Waals surface area (Å²) < 4.78 is 67.8. The molecule has 0 aromatic heterocycles. The minimum atomic E-state index is -4.74. The molecule has 2 nitrogen and oxygen atoms in total. The van der Waals surface area contributed by atoms with Crippen molar-refractivity contribution in [3.05, 3.63) is 48.3 Å². The van der Waals surface area contributed by atoms with Gasteiger partial charge in [0.15, 0.2) is 5.54 Å². The first-order chi connectivity index (χ1) is 9.94. The Labute approximate surface area is 130 Å². The Bertz CT molecular complexity index is 548. The zero-order valence-corrected chi connectivity index (χ0v) is 13.4. The van der Waals surface area contributed by atoms with Gasteiger partial charge in [-0.1, -0.05) is 18.2 Å². The predicted octanol–water partition coefficient (Wildman–Crippen LogP) is 4.21. The first kappa shape index (κ1) is 18.8. The Morgan fingerprint density at radius 3 is 2.05 bits per heavy atom. The molecule has 0 fully saturated rings. The van der Waals surface area contributed by atoms with Crippen molar-refractivity contribution in [1.82, 2.24) is 4.72 Å². The van der Waals surface area contributed by atoms with E-state index in [9.17, 15) is 21.8 Å². The quantitative estimate of drug-likeness (QED) is 0.633. The van der Waals surface area contributed by atoms with Crippen LogP contribution in [-0.2, 0) is 16.5 Å². The Morgan fingerprint density at radius 1 is 1.18 bits per heavy atom. The summed E-state index contributed by atoms with van der Waals surface area (Å²) >= 11 is 0. The van der Waals surface area contributed by atoms with Gasteiger partial charge in [0.2, 0.25) is 0 Å². The molecular formula is C15H19F4NOS. The van der Waals surface area contributed by atoms with Gasteiger partial charge in [0.25, 0.3) is 0 Å². The van der Waals surface area contributed by atoms with Crippen molar-refractivity contribution in [3.8, 4) is 0 Å². The maximum Gasteiger partial charge on any atom is 0.411 e. The van der Waals surface area contributed by atoms with Gasteiger partial charge in [-0.3, -0.25) is 0 Å². The van der Waals surface area contributed by atoms with E-state index in [1.807, 2.05) is 0 Å². The van der Waals surface area contributed by atoms with Crippen molar-refractivity contribution in [2.75, 3.05) is 0 Å². The van der Waals surface area contributed by atoms with Gasteiger partial charge in [0, 0.05) is 0 Å². The average molecular weight is 337 g/mol. The molecule has 2 atom stereocenters. The lowest BCUT2D eigenvalue weighted by Gasteiger charge is -2.37. The fourth-order valence-corrected chi connectivity index (χ4v) is 2.76. The third-order valence-electron chi connectivity index (χ3n) is 3.09. The number of hydrogen-bond acceptors (Lipinski definition) is 1. The van der Waals surface area contributed by atoms with E-state index >= 15 is 0 Å². The van der Waals surface area contributed by atoms with Gasteiger partial charge in [-0.15, -0.1) is 6.58 Å². The summed E-state index contributed by atoms with van der Waals surface area (Å²) in [6.45, 7) is 8.05. The van der Waals surface area contributed by atoms with Gasteiger partial charge in [-0.2, -0.15) is 13.2 Å². The highest BCUT2D eigenvalue weighted by atomic mass is 32.2. The van der Waals surface area contributed by atoms with Crippen LogP contribution in [0.25, 0.3) is 0 Å². The molecule has 0 aliphatic carbocycles. The molecule has 0 unspecified atom stereocenters. The van der Waals surface area contributed by atoms with Gasteiger partial charge in [0.1, 0.15) is 5.82 Å². The first-order valence-electron chi connectivity index (χ1n) is 6.57. The molecule has 0 heterocycles. The smallest absolute Gasteiger partial charge is 0.242 e. The van der Waals surface area contributed by atoms with E-state index in [1.54, 1.807) is 20.8 Å². The van der Waals surface area contributed by atoms with E-state index in [2.05, 4.69) is 11.3 Å². The Balaban J connectivity index is 3.44. The van der Waals surface area contributed by atoms with E-state index in [0.717, 1.165) is 30.3 Å². The highest BCUT2D eigenvalue weighted by Crippen LogP contribution is 2.43. The number of benzene rings is 1. The van der Waals surface area contributed by atoms with Crippen LogP contribution in [0, 0.1) is 5.82 Å². The van der Waals surface area contributed by atoms with E-state index in [-0.39, 0.29) is 5.56 Å². The molecule has 1 aromatic carbocycles. The normalized spacial score (nSPS) is 16.9. The summed E-state index contributed by atoms with van der Waals surface area (Å²) in [5.74, 6) is -0.643. The lowest BCUT2D eigenvalue weighted by molar-refractivity contribution is -0.193. The van der Waals surface area contributed by atoms with Crippen molar-refractivity contribution in [2.24, 2.45) is 0 Å². The topological polar surface area (TPSA) is 29.1 Å². The van der Waals surface area contributed by atoms with Crippen molar-refractivity contribution < 1.29 is 21.8 Å². The number of rotatable bonds is 5. The summed E-state index contributed by atoms with van der Waals surface area (Å²) in [5, 5.41) is 0. The number of halogens is 4. The third-order valence-corrected chi connectivity index (χ3v) is 4.74. The molecule has 0 spiro atoms. The van der Waals surface area contributed by atoms with Crippen LogP contribution in [-0.4, -0.2) is 15.1 Å². The SMILES string of the molecule is C=CC[C@](N[S@@](=O)C(C)(C)C)(c1ccc(F)cc1)C(F)(F)F. The molecule has 0 saturated heterocycles. The van der Waals surface area contributed by atoms with E-state index in [4.69, 9.17) is 0 Å². The molecule has 7 heteroatoms. The van der Waals surface area contributed by atoms with Gasteiger partial charge in [-0.05, 0) is 44.9 Å². The van der Waals surface area contributed by atoms with Crippen LogP contribution in [0.1, 0.15) is 32.8 Å². The first-order valence-corrected chi connectivity index (χ1v) is 7.72. The fourth-order valence-electron chi connectivity index (χ4n) is 1.82. The third kappa shape index (κ3) is 3.95. The summed E-state index contributed by atoms with van der Waals surface area (Å²) in [6, 6.07) is 3.97. The summed E-state index contributed by atoms with van der Waals surface area (Å²) in [7, 11) is -1.97. The van der Waals surface area contributed by atoms with Crippen LogP contribution in [0.3, 0.4) is 0 Å². The van der Waals surface area contributed by atoms with Gasteiger partial charge < -0.3 is 0 Å². The van der Waals surface area contributed by atoms with Crippen LogP contribution in [0.15, 0.2) is 36.9 Å². The van der Waals surface area contributed by atoms with Gasteiger partial charge in [-0.25, -0.2) is 13.3 Å². The number of nitrogens with one attached hydrogen (secondary N) is 1. The van der Waals surface area contributed by atoms with Gasteiger partial charge in [0.05, 0.1) is 15.7 Å². The summed E-state index contributed by atoms with van der Waals surface area (Å²) in [4.78, 5) is 0. The highest BCUT2D eigenvalue weighted by Gasteiger charge is 2.56. The van der Waals surface area contributed by atoms with E-state index < -0.39 is 39.7 Å². The van der Waals surface area contributed by atoms with Crippen molar-refractivity contribution in [3.63, 3.8) is 0 Å². The molecule has 0 saturated carbocycles. The molecule has 0 aliphatic heterocycles.